The van der Waals surface area contributed by atoms with Crippen LogP contribution in [0.25, 0.3) is 0 Å². The number of aryl methyl sites for hydroxylation is 1. The lowest BCUT2D eigenvalue weighted by atomic mass is 10.3. The molecular weight excluding hydrogens is 198 g/mol. The summed E-state index contributed by atoms with van der Waals surface area (Å²) in [6.45, 7) is 0. The van der Waals surface area contributed by atoms with Crippen molar-refractivity contribution in [2.24, 2.45) is 7.05 Å². The van der Waals surface area contributed by atoms with E-state index in [4.69, 9.17) is 5.73 Å². The van der Waals surface area contributed by atoms with Gasteiger partial charge in [-0.3, -0.25) is 9.48 Å². The highest BCUT2D eigenvalue weighted by Gasteiger charge is 2.14. The van der Waals surface area contributed by atoms with E-state index >= 15 is 0 Å². The maximum atomic E-state index is 11.6. The predicted octanol–water partition coefficient (Wildman–Crippen LogP) is 0.243. The Balaban J connectivity index is 2.18. The first-order valence-electron chi connectivity index (χ1n) is 4.17. The number of amides is 1. The third-order valence-corrected chi connectivity index (χ3v) is 1.75. The molecule has 2 heterocycles. The van der Waals surface area contributed by atoms with Crippen molar-refractivity contribution in [1.82, 2.24) is 14.9 Å². The molecule has 0 saturated heterocycles. The lowest BCUT2D eigenvalue weighted by molar-refractivity contribution is 0.102. The minimum atomic E-state index is -0.415. The molecule has 1 amide bonds. The maximum absolute atomic E-state index is 11.6. The molecule has 0 atom stereocenters. The lowest BCUT2D eigenvalue weighted by Crippen LogP contribution is -2.14. The number of hydrogen-bond acceptors (Lipinski definition) is 5. The molecular formula is C8H9N5O2. The van der Waals surface area contributed by atoms with Crippen molar-refractivity contribution in [2.45, 2.75) is 0 Å². The minimum Gasteiger partial charge on any atom is -0.396 e. The summed E-state index contributed by atoms with van der Waals surface area (Å²) in [6.07, 6.45) is 2.91. The number of aromatic nitrogens is 3. The fourth-order valence-electron chi connectivity index (χ4n) is 1.14. The standard InChI is InChI=1S/C8H9N5O2/c1-13-4-5(9)7(11-13)8(14)10-6-2-3-15-12-6/h2-4H,9H2,1H3,(H,10,12,14). The zero-order valence-electron chi connectivity index (χ0n) is 7.97. The highest BCUT2D eigenvalue weighted by atomic mass is 16.5. The van der Waals surface area contributed by atoms with E-state index in [0.29, 0.717) is 11.5 Å². The first-order valence-corrected chi connectivity index (χ1v) is 4.17. The van der Waals surface area contributed by atoms with Crippen molar-refractivity contribution in [1.29, 1.82) is 0 Å². The van der Waals surface area contributed by atoms with Crippen molar-refractivity contribution >= 4 is 17.4 Å². The van der Waals surface area contributed by atoms with Crippen LogP contribution in [0, 0.1) is 0 Å². The quantitative estimate of drug-likeness (QED) is 0.735. The predicted molar refractivity (Wildman–Crippen MR) is 52.1 cm³/mol. The molecule has 0 fully saturated rings. The fourth-order valence-corrected chi connectivity index (χ4v) is 1.14. The van der Waals surface area contributed by atoms with Crippen LogP contribution in [0.3, 0.4) is 0 Å². The van der Waals surface area contributed by atoms with Gasteiger partial charge in [-0.05, 0) is 0 Å². The van der Waals surface area contributed by atoms with Crippen molar-refractivity contribution in [3.63, 3.8) is 0 Å². The van der Waals surface area contributed by atoms with Crippen LogP contribution in [0.2, 0.25) is 0 Å². The van der Waals surface area contributed by atoms with Crippen molar-refractivity contribution < 1.29 is 9.32 Å². The Morgan fingerprint density at radius 3 is 3.00 bits per heavy atom. The Labute approximate surface area is 84.8 Å². The molecule has 7 heteroatoms. The number of carbonyl (C=O) groups is 1. The van der Waals surface area contributed by atoms with Gasteiger partial charge in [0, 0.05) is 19.3 Å². The molecule has 0 saturated carbocycles. The average Bonchev–Trinajstić information content (AvgIpc) is 2.75. The number of carbonyl (C=O) groups excluding carboxylic acids is 1. The van der Waals surface area contributed by atoms with E-state index in [9.17, 15) is 4.79 Å². The zero-order chi connectivity index (χ0) is 10.8. The fraction of sp³-hybridized carbons (Fsp3) is 0.125. The summed E-state index contributed by atoms with van der Waals surface area (Å²) in [5.41, 5.74) is 6.07. The molecule has 0 spiro atoms. The molecule has 2 rings (SSSR count). The number of nitrogens with two attached hydrogens (primary N) is 1. The highest BCUT2D eigenvalue weighted by molar-refractivity contribution is 6.05. The van der Waals surface area contributed by atoms with E-state index in [2.05, 4.69) is 20.1 Å². The largest absolute Gasteiger partial charge is 0.396 e. The van der Waals surface area contributed by atoms with Crippen molar-refractivity contribution in [3.05, 3.63) is 24.2 Å². The van der Waals surface area contributed by atoms with E-state index in [1.54, 1.807) is 13.2 Å². The van der Waals surface area contributed by atoms with Gasteiger partial charge >= 0.3 is 0 Å². The molecule has 2 aromatic rings. The summed E-state index contributed by atoms with van der Waals surface area (Å²) >= 11 is 0. The van der Waals surface area contributed by atoms with Gasteiger partial charge < -0.3 is 15.6 Å². The van der Waals surface area contributed by atoms with Crippen molar-refractivity contribution in [2.75, 3.05) is 11.1 Å². The van der Waals surface area contributed by atoms with E-state index in [-0.39, 0.29) is 5.69 Å². The molecule has 0 bridgehead atoms. The first-order chi connectivity index (χ1) is 7.16. The highest BCUT2D eigenvalue weighted by Crippen LogP contribution is 2.10. The normalized spacial score (nSPS) is 10.2. The maximum Gasteiger partial charge on any atom is 0.279 e. The molecule has 2 aromatic heterocycles. The number of nitrogens with zero attached hydrogens (tertiary/aromatic N) is 3. The molecule has 0 radical (unpaired) electrons. The third kappa shape index (κ3) is 1.80. The Bertz CT molecular complexity index is 473. The van der Waals surface area contributed by atoms with Gasteiger partial charge in [-0.1, -0.05) is 5.16 Å². The molecule has 0 aliphatic carbocycles. The van der Waals surface area contributed by atoms with Crippen LogP contribution in [0.5, 0.6) is 0 Å². The molecule has 78 valence electrons. The van der Waals surface area contributed by atoms with Gasteiger partial charge in [0.15, 0.2) is 11.5 Å². The molecule has 7 nitrogen and oxygen atoms in total. The van der Waals surface area contributed by atoms with Crippen LogP contribution in [0.1, 0.15) is 10.5 Å². The minimum absolute atomic E-state index is 0.167. The summed E-state index contributed by atoms with van der Waals surface area (Å²) in [5.74, 6) is -0.0907. The second-order valence-corrected chi connectivity index (χ2v) is 2.95. The summed E-state index contributed by atoms with van der Waals surface area (Å²) < 4.78 is 6.03. The second-order valence-electron chi connectivity index (χ2n) is 2.95. The average molecular weight is 207 g/mol. The van der Waals surface area contributed by atoms with Crippen LogP contribution in [-0.4, -0.2) is 20.8 Å². The van der Waals surface area contributed by atoms with Gasteiger partial charge in [0.05, 0.1) is 5.69 Å². The SMILES string of the molecule is Cn1cc(N)c(C(=O)Nc2ccon2)n1. The summed E-state index contributed by atoms with van der Waals surface area (Å²) in [7, 11) is 1.68. The Hall–Kier alpha value is -2.31. The van der Waals surface area contributed by atoms with Crippen LogP contribution in [0.4, 0.5) is 11.5 Å². The molecule has 0 aliphatic rings. The lowest BCUT2D eigenvalue weighted by Gasteiger charge is -1.97. The number of anilines is 2. The Morgan fingerprint density at radius 1 is 1.67 bits per heavy atom. The van der Waals surface area contributed by atoms with Gasteiger partial charge in [-0.2, -0.15) is 5.10 Å². The number of rotatable bonds is 2. The molecule has 0 aromatic carbocycles. The number of nitrogen functional groups attached to an aromatic ring is 1. The van der Waals surface area contributed by atoms with E-state index < -0.39 is 5.91 Å². The van der Waals surface area contributed by atoms with Gasteiger partial charge in [0.25, 0.3) is 5.91 Å². The van der Waals surface area contributed by atoms with E-state index in [1.165, 1.54) is 17.0 Å². The van der Waals surface area contributed by atoms with Gasteiger partial charge in [-0.25, -0.2) is 0 Å². The third-order valence-electron chi connectivity index (χ3n) is 1.75. The van der Waals surface area contributed by atoms with Gasteiger partial charge in [0.1, 0.15) is 6.26 Å². The molecule has 3 N–H and O–H groups in total. The number of nitrogens with one attached hydrogen (secondary N) is 1. The van der Waals surface area contributed by atoms with E-state index in [1.807, 2.05) is 0 Å². The van der Waals surface area contributed by atoms with Crippen LogP contribution in [0.15, 0.2) is 23.0 Å². The zero-order valence-corrected chi connectivity index (χ0v) is 7.97. The monoisotopic (exact) mass is 207 g/mol. The summed E-state index contributed by atoms with van der Waals surface area (Å²) in [5, 5.41) is 9.94. The summed E-state index contributed by atoms with van der Waals surface area (Å²) in [6, 6.07) is 1.52. The topological polar surface area (TPSA) is 99.0 Å². The van der Waals surface area contributed by atoms with E-state index in [0.717, 1.165) is 0 Å². The van der Waals surface area contributed by atoms with Crippen LogP contribution >= 0.6 is 0 Å². The second kappa shape index (κ2) is 3.45. The first kappa shape index (κ1) is 9.25. The Morgan fingerprint density at radius 2 is 2.47 bits per heavy atom. The number of hydrogen-bond donors (Lipinski definition) is 2. The van der Waals surface area contributed by atoms with Crippen LogP contribution < -0.4 is 11.1 Å². The smallest absolute Gasteiger partial charge is 0.279 e. The molecule has 0 aliphatic heterocycles. The summed E-state index contributed by atoms with van der Waals surface area (Å²) in [4.78, 5) is 11.6. The van der Waals surface area contributed by atoms with Gasteiger partial charge in [-0.15, -0.1) is 0 Å². The Kier molecular flexibility index (Phi) is 2.13. The molecule has 15 heavy (non-hydrogen) atoms. The van der Waals surface area contributed by atoms with Crippen molar-refractivity contribution in [3.8, 4) is 0 Å². The van der Waals surface area contributed by atoms with Crippen LogP contribution in [-0.2, 0) is 7.05 Å². The molecule has 0 unspecified atom stereocenters. The van der Waals surface area contributed by atoms with Gasteiger partial charge in [0.2, 0.25) is 0 Å².